The summed E-state index contributed by atoms with van der Waals surface area (Å²) >= 11 is 0. The van der Waals surface area contributed by atoms with Crippen molar-refractivity contribution in [2.24, 2.45) is 0 Å². The molecule has 0 unspecified atom stereocenters. The topological polar surface area (TPSA) is 49.7 Å². The van der Waals surface area contributed by atoms with Gasteiger partial charge in [-0.05, 0) is 23.3 Å². The second-order valence-corrected chi connectivity index (χ2v) is 6.27. The van der Waals surface area contributed by atoms with Crippen LogP contribution in [0.4, 0.5) is 0 Å². The van der Waals surface area contributed by atoms with E-state index in [9.17, 15) is 0 Å². The Kier molecular flexibility index (Phi) is 7.58. The van der Waals surface area contributed by atoms with Gasteiger partial charge < -0.3 is 14.9 Å². The number of benzene rings is 4. The summed E-state index contributed by atoms with van der Waals surface area (Å²) in [6.07, 6.45) is 0. The van der Waals surface area contributed by atoms with Crippen LogP contribution in [0.25, 0.3) is 22.3 Å². The van der Waals surface area contributed by atoms with Crippen LogP contribution in [0, 0.1) is 0 Å². The standard InChI is InChI=1S/C24H18O.C2H6O2/c1-3-11-19(12-4-1)21-15-7-9-17-23(21)25-24-18-10-8-16-22(24)20-13-5-2-6-14-20;3-1-2-4/h1-18H;3-4H,1-2H2. The fourth-order valence-electron chi connectivity index (χ4n) is 2.94. The van der Waals surface area contributed by atoms with Crippen LogP contribution in [0.1, 0.15) is 0 Å². The van der Waals surface area contributed by atoms with Crippen LogP contribution in [0.15, 0.2) is 109 Å². The van der Waals surface area contributed by atoms with E-state index in [-0.39, 0.29) is 13.2 Å². The Labute approximate surface area is 171 Å². The molecule has 0 bridgehead atoms. The van der Waals surface area contributed by atoms with E-state index in [1.807, 2.05) is 72.8 Å². The summed E-state index contributed by atoms with van der Waals surface area (Å²) in [4.78, 5) is 0. The number of hydrogen-bond acceptors (Lipinski definition) is 3. The summed E-state index contributed by atoms with van der Waals surface area (Å²) in [5.74, 6) is 1.72. The van der Waals surface area contributed by atoms with Crippen molar-refractivity contribution in [2.45, 2.75) is 0 Å². The minimum Gasteiger partial charge on any atom is -0.456 e. The Morgan fingerprint density at radius 1 is 0.448 bits per heavy atom. The zero-order valence-electron chi connectivity index (χ0n) is 16.1. The van der Waals surface area contributed by atoms with Gasteiger partial charge in [0, 0.05) is 11.1 Å². The van der Waals surface area contributed by atoms with Crippen molar-refractivity contribution in [2.75, 3.05) is 13.2 Å². The Hall–Kier alpha value is -3.40. The lowest BCUT2D eigenvalue weighted by Gasteiger charge is -2.14. The van der Waals surface area contributed by atoms with E-state index in [1.165, 1.54) is 0 Å². The normalized spacial score (nSPS) is 10.0. The summed E-state index contributed by atoms with van der Waals surface area (Å²) in [6, 6.07) is 37.0. The summed E-state index contributed by atoms with van der Waals surface area (Å²) in [5, 5.41) is 15.2. The highest BCUT2D eigenvalue weighted by Gasteiger charge is 2.10. The molecule has 4 aromatic rings. The number of ether oxygens (including phenoxy) is 1. The average Bonchev–Trinajstić information content (AvgIpc) is 2.81. The average molecular weight is 384 g/mol. The first-order chi connectivity index (χ1) is 14.3. The third kappa shape index (κ3) is 5.55. The van der Waals surface area contributed by atoms with Gasteiger partial charge in [-0.15, -0.1) is 0 Å². The molecule has 0 aliphatic heterocycles. The molecule has 4 rings (SSSR count). The molecule has 0 saturated heterocycles. The predicted molar refractivity (Wildman–Crippen MR) is 118 cm³/mol. The summed E-state index contributed by atoms with van der Waals surface area (Å²) in [7, 11) is 0. The molecule has 0 spiro atoms. The quantitative estimate of drug-likeness (QED) is 0.458. The first kappa shape index (κ1) is 20.3. The van der Waals surface area contributed by atoms with E-state index in [2.05, 4.69) is 36.4 Å². The fraction of sp³-hybridized carbons (Fsp3) is 0.0769. The smallest absolute Gasteiger partial charge is 0.135 e. The van der Waals surface area contributed by atoms with Gasteiger partial charge in [0.15, 0.2) is 0 Å². The van der Waals surface area contributed by atoms with Gasteiger partial charge in [0.1, 0.15) is 11.5 Å². The van der Waals surface area contributed by atoms with Crippen molar-refractivity contribution >= 4 is 0 Å². The molecule has 0 atom stereocenters. The van der Waals surface area contributed by atoms with E-state index in [4.69, 9.17) is 14.9 Å². The number of rotatable bonds is 5. The van der Waals surface area contributed by atoms with E-state index < -0.39 is 0 Å². The van der Waals surface area contributed by atoms with Gasteiger partial charge >= 0.3 is 0 Å². The molecule has 0 radical (unpaired) electrons. The van der Waals surface area contributed by atoms with Crippen LogP contribution in [-0.4, -0.2) is 23.4 Å². The van der Waals surface area contributed by atoms with Gasteiger partial charge in [-0.3, -0.25) is 0 Å². The molecular weight excluding hydrogens is 360 g/mol. The van der Waals surface area contributed by atoms with E-state index >= 15 is 0 Å². The van der Waals surface area contributed by atoms with E-state index in [1.54, 1.807) is 0 Å². The van der Waals surface area contributed by atoms with Crippen LogP contribution in [-0.2, 0) is 0 Å². The monoisotopic (exact) mass is 384 g/mol. The molecule has 2 N–H and O–H groups in total. The maximum absolute atomic E-state index is 7.62. The molecule has 0 aliphatic carbocycles. The first-order valence-corrected chi connectivity index (χ1v) is 9.52. The van der Waals surface area contributed by atoms with Crippen LogP contribution in [0.5, 0.6) is 11.5 Å². The zero-order valence-corrected chi connectivity index (χ0v) is 16.1. The molecule has 4 aromatic carbocycles. The van der Waals surface area contributed by atoms with Crippen molar-refractivity contribution in [1.82, 2.24) is 0 Å². The van der Waals surface area contributed by atoms with Gasteiger partial charge in [0.25, 0.3) is 0 Å². The molecule has 0 fully saturated rings. The van der Waals surface area contributed by atoms with Crippen molar-refractivity contribution in [3.63, 3.8) is 0 Å². The fourth-order valence-corrected chi connectivity index (χ4v) is 2.94. The molecular formula is C26H24O3. The minimum atomic E-state index is -0.125. The largest absolute Gasteiger partial charge is 0.456 e. The number of para-hydroxylation sites is 2. The Morgan fingerprint density at radius 2 is 0.793 bits per heavy atom. The number of hydrogen-bond donors (Lipinski definition) is 2. The van der Waals surface area contributed by atoms with E-state index in [0.717, 1.165) is 33.8 Å². The highest BCUT2D eigenvalue weighted by Crippen LogP contribution is 2.37. The molecule has 0 heterocycles. The van der Waals surface area contributed by atoms with Crippen LogP contribution in [0.2, 0.25) is 0 Å². The zero-order chi connectivity index (χ0) is 20.3. The third-order valence-corrected chi connectivity index (χ3v) is 4.26. The predicted octanol–water partition coefficient (Wildman–Crippen LogP) is 5.78. The lowest BCUT2D eigenvalue weighted by molar-refractivity contribution is 0.186. The Morgan fingerprint density at radius 3 is 1.17 bits per heavy atom. The molecule has 0 amide bonds. The van der Waals surface area contributed by atoms with Gasteiger partial charge in [0.2, 0.25) is 0 Å². The van der Waals surface area contributed by atoms with Gasteiger partial charge in [-0.2, -0.15) is 0 Å². The summed E-state index contributed by atoms with van der Waals surface area (Å²) in [5.41, 5.74) is 4.47. The molecule has 0 aromatic heterocycles. The Bertz CT molecular complexity index is 915. The van der Waals surface area contributed by atoms with Gasteiger partial charge in [-0.25, -0.2) is 0 Å². The summed E-state index contributed by atoms with van der Waals surface area (Å²) in [6.45, 7) is -0.250. The lowest BCUT2D eigenvalue weighted by Crippen LogP contribution is -1.90. The molecule has 3 heteroatoms. The van der Waals surface area contributed by atoms with Crippen molar-refractivity contribution in [3.05, 3.63) is 109 Å². The maximum atomic E-state index is 7.62. The second-order valence-electron chi connectivity index (χ2n) is 6.27. The van der Waals surface area contributed by atoms with E-state index in [0.29, 0.717) is 0 Å². The molecule has 3 nitrogen and oxygen atoms in total. The SMILES string of the molecule is OCCO.c1ccc(-c2ccccc2Oc2ccccc2-c2ccccc2)cc1. The van der Waals surface area contributed by atoms with Crippen molar-refractivity contribution in [1.29, 1.82) is 0 Å². The van der Waals surface area contributed by atoms with Crippen LogP contribution in [0.3, 0.4) is 0 Å². The lowest BCUT2D eigenvalue weighted by atomic mass is 10.0. The molecule has 146 valence electrons. The Balaban J connectivity index is 0.000000552. The molecule has 0 aliphatic rings. The number of aliphatic hydroxyl groups is 2. The molecule has 29 heavy (non-hydrogen) atoms. The minimum absolute atomic E-state index is 0.125. The second kappa shape index (κ2) is 10.8. The molecule has 0 saturated carbocycles. The highest BCUT2D eigenvalue weighted by atomic mass is 16.5. The maximum Gasteiger partial charge on any atom is 0.135 e. The van der Waals surface area contributed by atoms with Crippen LogP contribution < -0.4 is 4.74 Å². The summed E-state index contributed by atoms with van der Waals surface area (Å²) < 4.78 is 6.35. The van der Waals surface area contributed by atoms with Crippen molar-refractivity contribution in [3.8, 4) is 33.8 Å². The highest BCUT2D eigenvalue weighted by molar-refractivity contribution is 5.74. The van der Waals surface area contributed by atoms with Crippen LogP contribution >= 0.6 is 0 Å². The van der Waals surface area contributed by atoms with Crippen molar-refractivity contribution < 1.29 is 14.9 Å². The first-order valence-electron chi connectivity index (χ1n) is 9.52. The van der Waals surface area contributed by atoms with Gasteiger partial charge in [0.05, 0.1) is 13.2 Å². The van der Waals surface area contributed by atoms with Gasteiger partial charge in [-0.1, -0.05) is 97.1 Å². The number of aliphatic hydroxyl groups excluding tert-OH is 2. The third-order valence-electron chi connectivity index (χ3n) is 4.26.